The Morgan fingerprint density at radius 1 is 1.38 bits per heavy atom. The van der Waals surface area contributed by atoms with Crippen molar-refractivity contribution in [3.63, 3.8) is 0 Å². The number of thiophene rings is 1. The second kappa shape index (κ2) is 3.49. The van der Waals surface area contributed by atoms with Gasteiger partial charge in [0.15, 0.2) is 0 Å². The van der Waals surface area contributed by atoms with Crippen LogP contribution < -0.4 is 10.6 Å². The molecule has 0 saturated heterocycles. The van der Waals surface area contributed by atoms with E-state index in [1.54, 1.807) is 11.3 Å². The quantitative estimate of drug-likeness (QED) is 0.732. The van der Waals surface area contributed by atoms with E-state index in [1.807, 2.05) is 25.1 Å². The van der Waals surface area contributed by atoms with Crippen LogP contribution in [0.5, 0.6) is 0 Å². The molecule has 1 atom stereocenters. The predicted molar refractivity (Wildman–Crippen MR) is 67.2 cm³/mol. The molecule has 1 aromatic carbocycles. The normalized spacial score (nSPS) is 19.8. The summed E-state index contributed by atoms with van der Waals surface area (Å²) in [6.45, 7) is 2.78. The molecule has 0 fully saturated rings. The molecule has 0 aliphatic carbocycles. The first-order valence-electron chi connectivity index (χ1n) is 5.32. The third-order valence-corrected chi connectivity index (χ3v) is 3.93. The van der Waals surface area contributed by atoms with Crippen LogP contribution in [0.4, 0.5) is 5.69 Å². The van der Waals surface area contributed by atoms with Gasteiger partial charge in [0.05, 0.1) is 5.69 Å². The Hall–Kier alpha value is -1.55. The zero-order valence-corrected chi connectivity index (χ0v) is 9.73. The summed E-state index contributed by atoms with van der Waals surface area (Å²) in [4.78, 5) is 12.7. The number of rotatable bonds is 0. The van der Waals surface area contributed by atoms with Gasteiger partial charge in [-0.2, -0.15) is 0 Å². The van der Waals surface area contributed by atoms with E-state index in [4.69, 9.17) is 0 Å². The van der Waals surface area contributed by atoms with Gasteiger partial charge in [-0.25, -0.2) is 0 Å². The van der Waals surface area contributed by atoms with E-state index in [2.05, 4.69) is 16.7 Å². The molecule has 2 heterocycles. The molecular formula is C12H12N2OS. The van der Waals surface area contributed by atoms with Crippen molar-refractivity contribution in [2.45, 2.75) is 13.0 Å². The summed E-state index contributed by atoms with van der Waals surface area (Å²) >= 11 is 1.55. The van der Waals surface area contributed by atoms with Crippen LogP contribution in [0, 0.1) is 0 Å². The van der Waals surface area contributed by atoms with Crippen molar-refractivity contribution in [2.75, 3.05) is 11.9 Å². The SMILES string of the molecule is C[C@@H]1CNc2c(sc3ccccc23)C(=O)N1. The third kappa shape index (κ3) is 1.38. The van der Waals surface area contributed by atoms with Gasteiger partial charge in [0.25, 0.3) is 5.91 Å². The first-order chi connectivity index (χ1) is 7.75. The number of hydrogen-bond acceptors (Lipinski definition) is 3. The second-order valence-electron chi connectivity index (χ2n) is 4.06. The Morgan fingerprint density at radius 3 is 3.06 bits per heavy atom. The van der Waals surface area contributed by atoms with Crippen LogP contribution in [-0.2, 0) is 0 Å². The molecule has 1 aliphatic heterocycles. The highest BCUT2D eigenvalue weighted by Gasteiger charge is 2.22. The summed E-state index contributed by atoms with van der Waals surface area (Å²) < 4.78 is 1.16. The third-order valence-electron chi connectivity index (χ3n) is 2.76. The number of anilines is 1. The minimum Gasteiger partial charge on any atom is -0.381 e. The number of carbonyl (C=O) groups is 1. The molecule has 2 N–H and O–H groups in total. The van der Waals surface area contributed by atoms with Gasteiger partial charge in [-0.3, -0.25) is 4.79 Å². The Morgan fingerprint density at radius 2 is 2.19 bits per heavy atom. The van der Waals surface area contributed by atoms with Gasteiger partial charge >= 0.3 is 0 Å². The Balaban J connectivity index is 2.23. The number of hydrogen-bond donors (Lipinski definition) is 2. The maximum atomic E-state index is 11.9. The number of nitrogens with one attached hydrogen (secondary N) is 2. The molecule has 3 rings (SSSR count). The molecule has 1 aromatic heterocycles. The fourth-order valence-corrected chi connectivity index (χ4v) is 3.06. The van der Waals surface area contributed by atoms with Crippen LogP contribution in [0.1, 0.15) is 16.6 Å². The number of benzene rings is 1. The van der Waals surface area contributed by atoms with E-state index in [9.17, 15) is 4.79 Å². The molecule has 3 nitrogen and oxygen atoms in total. The minimum absolute atomic E-state index is 0.0358. The van der Waals surface area contributed by atoms with Crippen LogP contribution in [-0.4, -0.2) is 18.5 Å². The standard InChI is InChI=1S/C12H12N2OS/c1-7-6-13-10-8-4-2-3-5-9(8)16-11(10)12(15)14-7/h2-5,7,13H,6H2,1H3,(H,14,15)/t7-/m1/s1. The number of fused-ring (bicyclic) bond motifs is 3. The van der Waals surface area contributed by atoms with Crippen molar-refractivity contribution in [2.24, 2.45) is 0 Å². The number of carbonyl (C=O) groups excluding carboxylic acids is 1. The minimum atomic E-state index is 0.0358. The van der Waals surface area contributed by atoms with Crippen molar-refractivity contribution >= 4 is 33.0 Å². The molecule has 1 amide bonds. The van der Waals surface area contributed by atoms with Gasteiger partial charge in [0.2, 0.25) is 0 Å². The van der Waals surface area contributed by atoms with Crippen molar-refractivity contribution in [1.29, 1.82) is 0 Å². The van der Waals surface area contributed by atoms with Gasteiger partial charge in [-0.1, -0.05) is 18.2 Å². The molecule has 82 valence electrons. The summed E-state index contributed by atoms with van der Waals surface area (Å²) in [6.07, 6.45) is 0. The van der Waals surface area contributed by atoms with E-state index in [0.29, 0.717) is 0 Å². The zero-order valence-electron chi connectivity index (χ0n) is 8.91. The highest BCUT2D eigenvalue weighted by atomic mass is 32.1. The summed E-state index contributed by atoms with van der Waals surface area (Å²) in [5.41, 5.74) is 0.988. The fraction of sp³-hybridized carbons (Fsp3) is 0.250. The van der Waals surface area contributed by atoms with E-state index < -0.39 is 0 Å². The lowest BCUT2D eigenvalue weighted by Gasteiger charge is -2.09. The maximum Gasteiger partial charge on any atom is 0.263 e. The van der Waals surface area contributed by atoms with Crippen LogP contribution in [0.3, 0.4) is 0 Å². The summed E-state index contributed by atoms with van der Waals surface area (Å²) in [7, 11) is 0. The first-order valence-corrected chi connectivity index (χ1v) is 6.13. The Kier molecular flexibility index (Phi) is 2.11. The molecule has 0 radical (unpaired) electrons. The predicted octanol–water partition coefficient (Wildman–Crippen LogP) is 2.45. The van der Waals surface area contributed by atoms with Crippen molar-refractivity contribution in [3.8, 4) is 0 Å². The van der Waals surface area contributed by atoms with Crippen LogP contribution in [0.15, 0.2) is 24.3 Å². The van der Waals surface area contributed by atoms with Crippen molar-refractivity contribution in [1.82, 2.24) is 5.32 Å². The van der Waals surface area contributed by atoms with Crippen molar-refractivity contribution < 1.29 is 4.79 Å². The van der Waals surface area contributed by atoms with Gasteiger partial charge < -0.3 is 10.6 Å². The average Bonchev–Trinajstić information content (AvgIpc) is 2.58. The Labute approximate surface area is 97.5 Å². The van der Waals surface area contributed by atoms with E-state index in [-0.39, 0.29) is 11.9 Å². The van der Waals surface area contributed by atoms with Crippen molar-refractivity contribution in [3.05, 3.63) is 29.1 Å². The molecule has 2 aromatic rings. The van der Waals surface area contributed by atoms with E-state index in [0.717, 1.165) is 27.2 Å². The van der Waals surface area contributed by atoms with E-state index in [1.165, 1.54) is 0 Å². The average molecular weight is 232 g/mol. The molecule has 0 spiro atoms. The maximum absolute atomic E-state index is 11.9. The van der Waals surface area contributed by atoms with Gasteiger partial charge in [0.1, 0.15) is 4.88 Å². The fourth-order valence-electron chi connectivity index (χ4n) is 1.98. The Bertz CT molecular complexity index is 561. The summed E-state index contributed by atoms with van der Waals surface area (Å²) in [5, 5.41) is 7.47. The van der Waals surface area contributed by atoms with Crippen LogP contribution >= 0.6 is 11.3 Å². The highest BCUT2D eigenvalue weighted by Crippen LogP contribution is 2.36. The lowest BCUT2D eigenvalue weighted by atomic mass is 10.2. The molecule has 0 saturated carbocycles. The molecule has 16 heavy (non-hydrogen) atoms. The summed E-state index contributed by atoms with van der Waals surface area (Å²) in [6, 6.07) is 8.28. The second-order valence-corrected chi connectivity index (χ2v) is 5.11. The van der Waals surface area contributed by atoms with Gasteiger partial charge in [0, 0.05) is 22.7 Å². The molecular weight excluding hydrogens is 220 g/mol. The lowest BCUT2D eigenvalue weighted by Crippen LogP contribution is -2.34. The largest absolute Gasteiger partial charge is 0.381 e. The van der Waals surface area contributed by atoms with Gasteiger partial charge in [-0.05, 0) is 13.0 Å². The highest BCUT2D eigenvalue weighted by molar-refractivity contribution is 7.21. The van der Waals surface area contributed by atoms with Crippen LogP contribution in [0.25, 0.3) is 10.1 Å². The van der Waals surface area contributed by atoms with E-state index >= 15 is 0 Å². The topological polar surface area (TPSA) is 41.1 Å². The molecule has 0 bridgehead atoms. The summed E-state index contributed by atoms with van der Waals surface area (Å²) in [5.74, 6) is 0.0358. The number of amides is 1. The molecule has 0 unspecified atom stereocenters. The zero-order chi connectivity index (χ0) is 11.1. The lowest BCUT2D eigenvalue weighted by molar-refractivity contribution is 0.0949. The molecule has 4 heteroatoms. The smallest absolute Gasteiger partial charge is 0.263 e. The first kappa shape index (κ1) is 9.66. The molecule has 1 aliphatic rings. The van der Waals surface area contributed by atoms with Crippen LogP contribution in [0.2, 0.25) is 0 Å². The van der Waals surface area contributed by atoms with Gasteiger partial charge in [-0.15, -0.1) is 11.3 Å². The monoisotopic (exact) mass is 232 g/mol.